The summed E-state index contributed by atoms with van der Waals surface area (Å²) in [6, 6.07) is 9.05. The Morgan fingerprint density at radius 2 is 2.12 bits per heavy atom. The molecule has 0 radical (unpaired) electrons. The van der Waals surface area contributed by atoms with E-state index in [1.807, 2.05) is 16.5 Å². The number of nitrogen functional groups attached to an aromatic ring is 1. The number of nitrogens with zero attached hydrogens (tertiary/aromatic N) is 4. The van der Waals surface area contributed by atoms with Crippen molar-refractivity contribution in [2.24, 2.45) is 0 Å². The minimum Gasteiger partial charge on any atom is -0.368 e. The summed E-state index contributed by atoms with van der Waals surface area (Å²) in [5.74, 6) is 0.933. The second kappa shape index (κ2) is 6.71. The van der Waals surface area contributed by atoms with Gasteiger partial charge in [0.05, 0.1) is 11.8 Å². The summed E-state index contributed by atoms with van der Waals surface area (Å²) in [7, 11) is 1.91. The smallest absolute Gasteiger partial charge is 0.233 e. The van der Waals surface area contributed by atoms with E-state index >= 15 is 0 Å². The zero-order chi connectivity index (χ0) is 17.4. The molecule has 2 aliphatic rings. The van der Waals surface area contributed by atoms with Gasteiger partial charge in [0.2, 0.25) is 11.9 Å². The van der Waals surface area contributed by atoms with Crippen molar-refractivity contribution >= 4 is 23.6 Å². The molecule has 2 N–H and O–H groups in total. The van der Waals surface area contributed by atoms with Gasteiger partial charge in [-0.2, -0.15) is 0 Å². The summed E-state index contributed by atoms with van der Waals surface area (Å²) >= 11 is 1.44. The van der Waals surface area contributed by atoms with Crippen molar-refractivity contribution in [1.29, 1.82) is 0 Å². The van der Waals surface area contributed by atoms with Crippen LogP contribution in [0.1, 0.15) is 48.9 Å². The Balaban J connectivity index is 1.43. The molecule has 0 spiro atoms. The summed E-state index contributed by atoms with van der Waals surface area (Å²) in [4.78, 5) is 14.6. The van der Waals surface area contributed by atoms with E-state index in [4.69, 9.17) is 5.73 Å². The normalized spacial score (nSPS) is 19.5. The second-order valence-electron chi connectivity index (χ2n) is 6.84. The predicted molar refractivity (Wildman–Crippen MR) is 98.3 cm³/mol. The molecule has 6 nitrogen and oxygen atoms in total. The zero-order valence-electron chi connectivity index (χ0n) is 14.4. The SMILES string of the molecule is CN(C(=O)CSc1nnc(N)n1C1CC1)C1CCCc2ccccc21. The number of aromatic nitrogens is 3. The van der Waals surface area contributed by atoms with Gasteiger partial charge in [0, 0.05) is 13.1 Å². The fourth-order valence-corrected chi connectivity index (χ4v) is 4.53. The Hall–Kier alpha value is -2.02. The molecule has 1 aromatic heterocycles. The number of nitrogens with two attached hydrogens (primary N) is 1. The number of anilines is 1. The lowest BCUT2D eigenvalue weighted by Crippen LogP contribution is -2.34. The fraction of sp³-hybridized carbons (Fsp3) is 0.500. The van der Waals surface area contributed by atoms with Gasteiger partial charge < -0.3 is 10.6 Å². The standard InChI is InChI=1S/C18H23N5OS/c1-22(15-8-4-6-12-5-2-3-7-14(12)15)16(24)11-25-18-21-20-17(19)23(18)13-9-10-13/h2-3,5,7,13,15H,4,6,8-11H2,1H3,(H2,19,20). The summed E-state index contributed by atoms with van der Waals surface area (Å²) in [6.45, 7) is 0. The third kappa shape index (κ3) is 3.25. The van der Waals surface area contributed by atoms with Crippen LogP contribution in [0.4, 0.5) is 5.95 Å². The molecule has 1 fully saturated rings. The molecule has 25 heavy (non-hydrogen) atoms. The molecular formula is C18H23N5OS. The Bertz CT molecular complexity index is 786. The molecule has 0 saturated heterocycles. The molecule has 1 amide bonds. The molecule has 1 atom stereocenters. The molecule has 1 heterocycles. The van der Waals surface area contributed by atoms with Crippen molar-refractivity contribution in [2.45, 2.75) is 49.3 Å². The Morgan fingerprint density at radius 1 is 1.32 bits per heavy atom. The maximum atomic E-state index is 12.7. The van der Waals surface area contributed by atoms with Gasteiger partial charge >= 0.3 is 0 Å². The van der Waals surface area contributed by atoms with Gasteiger partial charge in [0.1, 0.15) is 0 Å². The van der Waals surface area contributed by atoms with E-state index in [1.165, 1.54) is 22.9 Å². The van der Waals surface area contributed by atoms with Gasteiger partial charge in [0.15, 0.2) is 5.16 Å². The number of carbonyl (C=O) groups excluding carboxylic acids is 1. The molecule has 4 rings (SSSR count). The fourth-order valence-electron chi connectivity index (χ4n) is 3.60. The number of rotatable bonds is 5. The van der Waals surface area contributed by atoms with E-state index < -0.39 is 0 Å². The van der Waals surface area contributed by atoms with Crippen LogP contribution in [0.25, 0.3) is 0 Å². The molecule has 0 aliphatic heterocycles. The highest BCUT2D eigenvalue weighted by Gasteiger charge is 2.30. The number of thioether (sulfide) groups is 1. The minimum atomic E-state index is 0.121. The number of aryl methyl sites for hydroxylation is 1. The van der Waals surface area contributed by atoms with Crippen LogP contribution in [-0.4, -0.2) is 38.4 Å². The highest BCUT2D eigenvalue weighted by Crippen LogP contribution is 2.39. The molecule has 2 aromatic rings. The van der Waals surface area contributed by atoms with Gasteiger partial charge in [-0.15, -0.1) is 10.2 Å². The van der Waals surface area contributed by atoms with E-state index in [0.29, 0.717) is 17.7 Å². The summed E-state index contributed by atoms with van der Waals surface area (Å²) in [5, 5.41) is 8.86. The van der Waals surface area contributed by atoms with E-state index in [-0.39, 0.29) is 11.9 Å². The molecule has 1 saturated carbocycles. The Kier molecular flexibility index (Phi) is 4.41. The molecule has 7 heteroatoms. The van der Waals surface area contributed by atoms with Crippen LogP contribution < -0.4 is 5.73 Å². The molecule has 1 unspecified atom stereocenters. The number of carbonyl (C=O) groups is 1. The maximum absolute atomic E-state index is 12.7. The van der Waals surface area contributed by atoms with Crippen molar-refractivity contribution in [3.05, 3.63) is 35.4 Å². The zero-order valence-corrected chi connectivity index (χ0v) is 15.2. The van der Waals surface area contributed by atoms with Crippen molar-refractivity contribution in [3.63, 3.8) is 0 Å². The maximum Gasteiger partial charge on any atom is 0.233 e. The van der Waals surface area contributed by atoms with E-state index in [9.17, 15) is 4.79 Å². The third-order valence-corrected chi connectivity index (χ3v) is 6.05. The number of amides is 1. The quantitative estimate of drug-likeness (QED) is 0.833. The van der Waals surface area contributed by atoms with Gasteiger partial charge in [-0.1, -0.05) is 36.0 Å². The number of hydrogen-bond acceptors (Lipinski definition) is 5. The first-order chi connectivity index (χ1) is 12.1. The lowest BCUT2D eigenvalue weighted by atomic mass is 9.87. The van der Waals surface area contributed by atoms with Gasteiger partial charge in [-0.25, -0.2) is 0 Å². The highest BCUT2D eigenvalue weighted by molar-refractivity contribution is 7.99. The van der Waals surface area contributed by atoms with Gasteiger partial charge in [-0.3, -0.25) is 9.36 Å². The summed E-state index contributed by atoms with van der Waals surface area (Å²) in [6.07, 6.45) is 5.48. The first kappa shape index (κ1) is 16.4. The number of benzene rings is 1. The van der Waals surface area contributed by atoms with Crippen molar-refractivity contribution in [1.82, 2.24) is 19.7 Å². The monoisotopic (exact) mass is 357 g/mol. The lowest BCUT2D eigenvalue weighted by Gasteiger charge is -2.33. The highest BCUT2D eigenvalue weighted by atomic mass is 32.2. The van der Waals surface area contributed by atoms with Gasteiger partial charge in [-0.05, 0) is 43.2 Å². The summed E-state index contributed by atoms with van der Waals surface area (Å²) < 4.78 is 1.97. The van der Waals surface area contributed by atoms with Crippen molar-refractivity contribution in [2.75, 3.05) is 18.5 Å². The van der Waals surface area contributed by atoms with Crippen molar-refractivity contribution < 1.29 is 4.79 Å². The first-order valence-corrected chi connectivity index (χ1v) is 9.80. The largest absolute Gasteiger partial charge is 0.368 e. The lowest BCUT2D eigenvalue weighted by molar-refractivity contribution is -0.129. The molecular weight excluding hydrogens is 334 g/mol. The minimum absolute atomic E-state index is 0.121. The van der Waals surface area contributed by atoms with E-state index in [0.717, 1.165) is 37.3 Å². The Labute approximate surface area is 151 Å². The molecule has 2 aliphatic carbocycles. The molecule has 0 bridgehead atoms. The van der Waals surface area contributed by atoms with Crippen LogP contribution >= 0.6 is 11.8 Å². The van der Waals surface area contributed by atoms with E-state index in [1.54, 1.807) is 0 Å². The first-order valence-electron chi connectivity index (χ1n) is 8.82. The summed E-state index contributed by atoms with van der Waals surface area (Å²) in [5.41, 5.74) is 8.56. The van der Waals surface area contributed by atoms with Crippen LogP contribution in [0, 0.1) is 0 Å². The van der Waals surface area contributed by atoms with E-state index in [2.05, 4.69) is 34.5 Å². The van der Waals surface area contributed by atoms with Crippen LogP contribution in [-0.2, 0) is 11.2 Å². The average Bonchev–Trinajstić information content (AvgIpc) is 3.41. The predicted octanol–water partition coefficient (Wildman–Crippen LogP) is 2.82. The van der Waals surface area contributed by atoms with Crippen molar-refractivity contribution in [3.8, 4) is 0 Å². The van der Waals surface area contributed by atoms with Crippen LogP contribution in [0.15, 0.2) is 29.4 Å². The average molecular weight is 357 g/mol. The third-order valence-electron chi connectivity index (χ3n) is 5.13. The topological polar surface area (TPSA) is 77.0 Å². The second-order valence-corrected chi connectivity index (χ2v) is 7.78. The molecule has 132 valence electrons. The number of hydrogen-bond donors (Lipinski definition) is 1. The molecule has 1 aromatic carbocycles. The van der Waals surface area contributed by atoms with Crippen LogP contribution in [0.5, 0.6) is 0 Å². The van der Waals surface area contributed by atoms with Crippen LogP contribution in [0.2, 0.25) is 0 Å². The number of fused-ring (bicyclic) bond motifs is 1. The Morgan fingerprint density at radius 3 is 2.92 bits per heavy atom. The van der Waals surface area contributed by atoms with Crippen LogP contribution in [0.3, 0.4) is 0 Å². The van der Waals surface area contributed by atoms with Gasteiger partial charge in [0.25, 0.3) is 0 Å².